The molecular weight excluding hydrogens is 222 g/mol. The van der Waals surface area contributed by atoms with E-state index in [1.807, 2.05) is 45.0 Å². The van der Waals surface area contributed by atoms with Crippen molar-refractivity contribution < 1.29 is 8.42 Å². The Balaban J connectivity index is 2.97. The molecule has 3 nitrogen and oxygen atoms in total. The third kappa shape index (κ3) is 3.52. The van der Waals surface area contributed by atoms with Crippen molar-refractivity contribution in [2.24, 2.45) is 0 Å². The molecule has 0 saturated carbocycles. The molecule has 0 aliphatic rings. The fourth-order valence-electron chi connectivity index (χ4n) is 1.58. The maximum atomic E-state index is 11.7. The molecule has 0 saturated heterocycles. The summed E-state index contributed by atoms with van der Waals surface area (Å²) in [6.45, 7) is 5.95. The summed E-state index contributed by atoms with van der Waals surface area (Å²) in [6.07, 6.45) is 0.624. The van der Waals surface area contributed by atoms with Crippen LogP contribution in [0, 0.1) is 0 Å². The summed E-state index contributed by atoms with van der Waals surface area (Å²) in [5.41, 5.74) is 1.73. The van der Waals surface area contributed by atoms with Crippen LogP contribution in [-0.4, -0.2) is 14.2 Å². The Kier molecular flexibility index (Phi) is 4.35. The predicted molar refractivity (Wildman–Crippen MR) is 68.2 cm³/mol. The van der Waals surface area contributed by atoms with Gasteiger partial charge in [-0.2, -0.15) is 0 Å². The number of hydrogen-bond acceptors (Lipinski definition) is 2. The van der Waals surface area contributed by atoms with Crippen molar-refractivity contribution in [2.45, 2.75) is 33.1 Å². The van der Waals surface area contributed by atoms with Crippen molar-refractivity contribution in [3.05, 3.63) is 29.8 Å². The summed E-state index contributed by atoms with van der Waals surface area (Å²) in [6, 6.07) is 7.53. The van der Waals surface area contributed by atoms with Crippen molar-refractivity contribution >= 4 is 15.7 Å². The smallest absolute Gasteiger partial charge is 0.232 e. The van der Waals surface area contributed by atoms with Crippen LogP contribution in [0.3, 0.4) is 0 Å². The average molecular weight is 241 g/mol. The van der Waals surface area contributed by atoms with Crippen LogP contribution in [0.25, 0.3) is 0 Å². The highest BCUT2D eigenvalue weighted by Crippen LogP contribution is 2.24. The monoisotopic (exact) mass is 241 g/mol. The van der Waals surface area contributed by atoms with Crippen molar-refractivity contribution in [1.82, 2.24) is 0 Å². The summed E-state index contributed by atoms with van der Waals surface area (Å²) in [5.74, 6) is 0.472. The molecular formula is C12H19NO2S. The molecule has 0 unspecified atom stereocenters. The standard InChI is InChI=1S/C12H19NO2S/c1-4-9-16(14,15)13-12-8-6-5-7-11(12)10(2)3/h5-8,10,13H,4,9H2,1-3H3. The fraction of sp³-hybridized carbons (Fsp3) is 0.500. The lowest BCUT2D eigenvalue weighted by Gasteiger charge is -2.14. The Labute approximate surface area is 97.9 Å². The van der Waals surface area contributed by atoms with Gasteiger partial charge in [0.2, 0.25) is 10.0 Å². The third-order valence-electron chi connectivity index (χ3n) is 2.32. The summed E-state index contributed by atoms with van der Waals surface area (Å²) in [7, 11) is -3.19. The van der Waals surface area contributed by atoms with E-state index in [0.717, 1.165) is 5.56 Å². The Hall–Kier alpha value is -1.03. The molecule has 0 aromatic heterocycles. The third-order valence-corrected chi connectivity index (χ3v) is 3.80. The molecule has 0 aliphatic heterocycles. The molecule has 16 heavy (non-hydrogen) atoms. The Morgan fingerprint density at radius 2 is 1.88 bits per heavy atom. The van der Waals surface area contributed by atoms with Crippen molar-refractivity contribution in [2.75, 3.05) is 10.5 Å². The molecule has 0 spiro atoms. The minimum absolute atomic E-state index is 0.166. The van der Waals surface area contributed by atoms with Crippen molar-refractivity contribution in [1.29, 1.82) is 0 Å². The van der Waals surface area contributed by atoms with Gasteiger partial charge < -0.3 is 0 Å². The molecule has 0 amide bonds. The van der Waals surface area contributed by atoms with Gasteiger partial charge in [0.1, 0.15) is 0 Å². The molecule has 1 N–H and O–H groups in total. The Bertz CT molecular complexity index is 438. The van der Waals surface area contributed by atoms with Gasteiger partial charge in [0, 0.05) is 0 Å². The largest absolute Gasteiger partial charge is 0.283 e. The summed E-state index contributed by atoms with van der Waals surface area (Å²) < 4.78 is 26.0. The van der Waals surface area contributed by atoms with Gasteiger partial charge in [-0.05, 0) is 24.0 Å². The first-order chi connectivity index (χ1) is 7.46. The maximum absolute atomic E-state index is 11.7. The molecule has 90 valence electrons. The number of benzene rings is 1. The second-order valence-corrected chi connectivity index (χ2v) is 6.00. The van der Waals surface area contributed by atoms with E-state index >= 15 is 0 Å². The quantitative estimate of drug-likeness (QED) is 0.861. The minimum atomic E-state index is -3.19. The van der Waals surface area contributed by atoms with E-state index in [0.29, 0.717) is 18.0 Å². The zero-order valence-electron chi connectivity index (χ0n) is 10.0. The van der Waals surface area contributed by atoms with E-state index in [1.54, 1.807) is 0 Å². The highest BCUT2D eigenvalue weighted by Gasteiger charge is 2.12. The molecule has 0 fully saturated rings. The van der Waals surface area contributed by atoms with Crippen molar-refractivity contribution in [3.8, 4) is 0 Å². The number of hydrogen-bond donors (Lipinski definition) is 1. The highest BCUT2D eigenvalue weighted by atomic mass is 32.2. The molecule has 1 aromatic rings. The number of anilines is 1. The van der Waals surface area contributed by atoms with Gasteiger partial charge in [-0.3, -0.25) is 4.72 Å². The lowest BCUT2D eigenvalue weighted by atomic mass is 10.0. The molecule has 0 atom stereocenters. The van der Waals surface area contributed by atoms with E-state index in [4.69, 9.17) is 0 Å². The molecule has 0 radical (unpaired) electrons. The Morgan fingerprint density at radius 3 is 2.44 bits per heavy atom. The van der Waals surface area contributed by atoms with E-state index < -0.39 is 10.0 Å². The van der Waals surface area contributed by atoms with Crippen molar-refractivity contribution in [3.63, 3.8) is 0 Å². The maximum Gasteiger partial charge on any atom is 0.232 e. The van der Waals surface area contributed by atoms with E-state index in [1.165, 1.54) is 0 Å². The van der Waals surface area contributed by atoms with Gasteiger partial charge in [0.25, 0.3) is 0 Å². The van der Waals surface area contributed by atoms with Crippen LogP contribution in [-0.2, 0) is 10.0 Å². The lowest BCUT2D eigenvalue weighted by Crippen LogP contribution is -2.17. The van der Waals surface area contributed by atoms with Crippen LogP contribution in [0.15, 0.2) is 24.3 Å². The van der Waals surface area contributed by atoms with Crippen LogP contribution in [0.2, 0.25) is 0 Å². The highest BCUT2D eigenvalue weighted by molar-refractivity contribution is 7.92. The number of sulfonamides is 1. The average Bonchev–Trinajstić information content (AvgIpc) is 2.17. The Morgan fingerprint density at radius 1 is 1.25 bits per heavy atom. The molecule has 1 rings (SSSR count). The summed E-state index contributed by atoms with van der Waals surface area (Å²) in [5, 5.41) is 0. The number of rotatable bonds is 5. The predicted octanol–water partition coefficient (Wildman–Crippen LogP) is 2.96. The summed E-state index contributed by atoms with van der Waals surface area (Å²) >= 11 is 0. The molecule has 4 heteroatoms. The van der Waals surface area contributed by atoms with Crippen LogP contribution in [0.4, 0.5) is 5.69 Å². The van der Waals surface area contributed by atoms with Gasteiger partial charge in [0.05, 0.1) is 11.4 Å². The van der Waals surface area contributed by atoms with Crippen LogP contribution < -0.4 is 4.72 Å². The normalized spacial score (nSPS) is 11.8. The topological polar surface area (TPSA) is 46.2 Å². The van der Waals surface area contributed by atoms with Gasteiger partial charge in [-0.1, -0.05) is 39.0 Å². The van der Waals surface area contributed by atoms with Crippen LogP contribution in [0.5, 0.6) is 0 Å². The van der Waals surface area contributed by atoms with Crippen LogP contribution >= 0.6 is 0 Å². The van der Waals surface area contributed by atoms with Gasteiger partial charge in [-0.25, -0.2) is 8.42 Å². The first-order valence-electron chi connectivity index (χ1n) is 5.55. The first kappa shape index (κ1) is 13.0. The lowest BCUT2D eigenvalue weighted by molar-refractivity contribution is 0.600. The van der Waals surface area contributed by atoms with E-state index in [2.05, 4.69) is 4.72 Å². The van der Waals surface area contributed by atoms with Crippen LogP contribution in [0.1, 0.15) is 38.7 Å². The number of nitrogens with one attached hydrogen (secondary N) is 1. The summed E-state index contributed by atoms with van der Waals surface area (Å²) in [4.78, 5) is 0. The van der Waals surface area contributed by atoms with E-state index in [-0.39, 0.29) is 5.75 Å². The second-order valence-electron chi connectivity index (χ2n) is 4.16. The SMILES string of the molecule is CCCS(=O)(=O)Nc1ccccc1C(C)C. The zero-order chi connectivity index (χ0) is 12.2. The molecule has 0 aliphatic carbocycles. The van der Waals surface area contributed by atoms with Gasteiger partial charge in [-0.15, -0.1) is 0 Å². The molecule has 0 bridgehead atoms. The molecule has 1 aromatic carbocycles. The van der Waals surface area contributed by atoms with Gasteiger partial charge >= 0.3 is 0 Å². The van der Waals surface area contributed by atoms with Gasteiger partial charge in [0.15, 0.2) is 0 Å². The molecule has 0 heterocycles. The second kappa shape index (κ2) is 5.34. The first-order valence-corrected chi connectivity index (χ1v) is 7.21. The number of para-hydroxylation sites is 1. The zero-order valence-corrected chi connectivity index (χ0v) is 10.8. The van der Waals surface area contributed by atoms with E-state index in [9.17, 15) is 8.42 Å². The fourth-order valence-corrected chi connectivity index (χ4v) is 2.74. The minimum Gasteiger partial charge on any atom is -0.283 e.